The topological polar surface area (TPSA) is 93.9 Å². The van der Waals surface area contributed by atoms with Crippen LogP contribution in [0, 0.1) is 0 Å². The molecule has 29 heavy (non-hydrogen) atoms. The Morgan fingerprint density at radius 2 is 1.86 bits per heavy atom. The summed E-state index contributed by atoms with van der Waals surface area (Å²) in [7, 11) is -0.707. The van der Waals surface area contributed by atoms with Gasteiger partial charge >= 0.3 is 5.97 Å². The maximum absolute atomic E-state index is 12.2. The third-order valence-corrected chi connectivity index (χ3v) is 7.16. The summed E-state index contributed by atoms with van der Waals surface area (Å²) in [5, 5.41) is 4.12. The highest BCUT2D eigenvalue weighted by Gasteiger charge is 2.23. The second-order valence-electron chi connectivity index (χ2n) is 6.29. The molecule has 4 aromatic rings. The van der Waals surface area contributed by atoms with E-state index in [0.29, 0.717) is 22.0 Å². The van der Waals surface area contributed by atoms with Crippen LogP contribution in [0.2, 0.25) is 0 Å². The SMILES string of the molecule is CN(C)S(=O)(=O)c1nn2cc(-c3cccc(OC(=O)c4ccccc4)c3)nc2s1. The Hall–Kier alpha value is -3.08. The van der Waals surface area contributed by atoms with Crippen LogP contribution in [0.15, 0.2) is 65.1 Å². The second kappa shape index (κ2) is 7.39. The number of hydrogen-bond donors (Lipinski definition) is 0. The fourth-order valence-corrected chi connectivity index (χ4v) is 4.75. The fraction of sp³-hybridized carbons (Fsp3) is 0.105. The van der Waals surface area contributed by atoms with E-state index in [-0.39, 0.29) is 4.34 Å². The van der Waals surface area contributed by atoms with Crippen molar-refractivity contribution in [1.29, 1.82) is 0 Å². The minimum atomic E-state index is -3.61. The number of rotatable bonds is 5. The van der Waals surface area contributed by atoms with E-state index in [1.165, 1.54) is 18.6 Å². The monoisotopic (exact) mass is 428 g/mol. The van der Waals surface area contributed by atoms with E-state index >= 15 is 0 Å². The Labute approximate surface area is 171 Å². The zero-order chi connectivity index (χ0) is 20.6. The summed E-state index contributed by atoms with van der Waals surface area (Å²) in [4.78, 5) is 17.1. The van der Waals surface area contributed by atoms with Crippen molar-refractivity contribution in [3.8, 4) is 17.0 Å². The first-order valence-corrected chi connectivity index (χ1v) is 10.8. The van der Waals surface area contributed by atoms with Crippen LogP contribution in [0.1, 0.15) is 10.4 Å². The van der Waals surface area contributed by atoms with Crippen LogP contribution in [0.25, 0.3) is 16.2 Å². The van der Waals surface area contributed by atoms with Crippen molar-refractivity contribution in [2.45, 2.75) is 4.34 Å². The first kappa shape index (κ1) is 19.2. The molecule has 0 aliphatic heterocycles. The summed E-state index contributed by atoms with van der Waals surface area (Å²) in [6.45, 7) is 0. The number of fused-ring (bicyclic) bond motifs is 1. The van der Waals surface area contributed by atoms with Crippen molar-refractivity contribution in [2.24, 2.45) is 0 Å². The van der Waals surface area contributed by atoms with Gasteiger partial charge in [-0.15, -0.1) is 5.10 Å². The van der Waals surface area contributed by atoms with Crippen molar-refractivity contribution >= 4 is 32.3 Å². The number of esters is 1. The average molecular weight is 428 g/mol. The lowest BCUT2D eigenvalue weighted by atomic mass is 10.1. The number of aromatic nitrogens is 3. The number of nitrogens with zero attached hydrogens (tertiary/aromatic N) is 4. The van der Waals surface area contributed by atoms with Gasteiger partial charge in [-0.05, 0) is 24.3 Å². The van der Waals surface area contributed by atoms with Crippen molar-refractivity contribution in [3.63, 3.8) is 0 Å². The molecule has 0 spiro atoms. The summed E-state index contributed by atoms with van der Waals surface area (Å²) < 4.78 is 32.4. The fourth-order valence-electron chi connectivity index (χ4n) is 2.54. The zero-order valence-electron chi connectivity index (χ0n) is 15.5. The van der Waals surface area contributed by atoms with Crippen molar-refractivity contribution < 1.29 is 17.9 Å². The van der Waals surface area contributed by atoms with E-state index in [4.69, 9.17) is 4.74 Å². The van der Waals surface area contributed by atoms with Gasteiger partial charge in [0.25, 0.3) is 10.0 Å². The molecule has 0 saturated heterocycles. The third kappa shape index (κ3) is 3.77. The molecule has 8 nitrogen and oxygen atoms in total. The van der Waals surface area contributed by atoms with Crippen LogP contribution < -0.4 is 4.74 Å². The van der Waals surface area contributed by atoms with Gasteiger partial charge in [0.2, 0.25) is 9.30 Å². The average Bonchev–Trinajstić information content (AvgIpc) is 3.28. The van der Waals surface area contributed by atoms with Gasteiger partial charge in [0.15, 0.2) is 0 Å². The quantitative estimate of drug-likeness (QED) is 0.358. The molecule has 2 aromatic heterocycles. The largest absolute Gasteiger partial charge is 0.423 e. The van der Waals surface area contributed by atoms with E-state index in [2.05, 4.69) is 10.1 Å². The van der Waals surface area contributed by atoms with Crippen LogP contribution in [0.4, 0.5) is 0 Å². The van der Waals surface area contributed by atoms with E-state index in [1.807, 2.05) is 12.1 Å². The summed E-state index contributed by atoms with van der Waals surface area (Å²) >= 11 is 0.986. The van der Waals surface area contributed by atoms with Crippen LogP contribution in [-0.2, 0) is 10.0 Å². The molecule has 10 heteroatoms. The molecule has 0 aliphatic carbocycles. The summed E-state index contributed by atoms with van der Waals surface area (Å²) in [6, 6.07) is 15.7. The molecule has 0 bridgehead atoms. The number of sulfonamides is 1. The highest BCUT2D eigenvalue weighted by atomic mass is 32.2. The Bertz CT molecular complexity index is 1260. The van der Waals surface area contributed by atoms with E-state index in [0.717, 1.165) is 21.2 Å². The van der Waals surface area contributed by atoms with Crippen molar-refractivity contribution in [1.82, 2.24) is 18.9 Å². The molecule has 2 aromatic carbocycles. The summed E-state index contributed by atoms with van der Waals surface area (Å²) in [6.07, 6.45) is 1.64. The number of hydrogen-bond acceptors (Lipinski definition) is 7. The minimum Gasteiger partial charge on any atom is -0.423 e. The Kier molecular flexibility index (Phi) is 4.91. The normalized spacial score (nSPS) is 11.8. The maximum Gasteiger partial charge on any atom is 0.343 e. The summed E-state index contributed by atoms with van der Waals surface area (Å²) in [5.41, 5.74) is 1.77. The highest BCUT2D eigenvalue weighted by Crippen LogP contribution is 2.27. The molecule has 0 atom stereocenters. The molecule has 4 rings (SSSR count). The number of carbonyl (C=O) groups is 1. The van der Waals surface area contributed by atoms with Crippen molar-refractivity contribution in [2.75, 3.05) is 14.1 Å². The third-order valence-electron chi connectivity index (χ3n) is 4.08. The molecular formula is C19H16N4O4S2. The molecular weight excluding hydrogens is 412 g/mol. The van der Waals surface area contributed by atoms with Gasteiger partial charge < -0.3 is 4.74 Å². The zero-order valence-corrected chi connectivity index (χ0v) is 17.1. The number of benzene rings is 2. The van der Waals surface area contributed by atoms with Gasteiger partial charge in [-0.1, -0.05) is 41.7 Å². The Morgan fingerprint density at radius 3 is 2.55 bits per heavy atom. The van der Waals surface area contributed by atoms with E-state index < -0.39 is 16.0 Å². The second-order valence-corrected chi connectivity index (χ2v) is 9.57. The first-order chi connectivity index (χ1) is 13.8. The van der Waals surface area contributed by atoms with Gasteiger partial charge in [0, 0.05) is 19.7 Å². The molecule has 2 heterocycles. The molecule has 0 aliphatic rings. The van der Waals surface area contributed by atoms with Gasteiger partial charge in [0.1, 0.15) is 5.75 Å². The van der Waals surface area contributed by atoms with Gasteiger partial charge in [-0.2, -0.15) is 0 Å². The first-order valence-electron chi connectivity index (χ1n) is 8.51. The lowest BCUT2D eigenvalue weighted by molar-refractivity contribution is 0.0735. The minimum absolute atomic E-state index is 0.0258. The number of ether oxygens (including phenoxy) is 1. The lowest BCUT2D eigenvalue weighted by Crippen LogP contribution is -2.22. The highest BCUT2D eigenvalue weighted by molar-refractivity contribution is 7.91. The number of carbonyl (C=O) groups excluding carboxylic acids is 1. The molecule has 0 saturated carbocycles. The Balaban J connectivity index is 1.60. The molecule has 0 amide bonds. The van der Waals surface area contributed by atoms with Gasteiger partial charge in [-0.25, -0.2) is 27.0 Å². The summed E-state index contributed by atoms with van der Waals surface area (Å²) in [5.74, 6) is -0.0645. The smallest absolute Gasteiger partial charge is 0.343 e. The predicted molar refractivity (Wildman–Crippen MR) is 109 cm³/mol. The van der Waals surface area contributed by atoms with Crippen molar-refractivity contribution in [3.05, 3.63) is 66.4 Å². The van der Waals surface area contributed by atoms with E-state index in [9.17, 15) is 13.2 Å². The van der Waals surface area contributed by atoms with Crippen LogP contribution in [0.3, 0.4) is 0 Å². The maximum atomic E-state index is 12.2. The molecule has 0 unspecified atom stereocenters. The molecule has 0 N–H and O–H groups in total. The standard InChI is InChI=1S/C19H16N4O4S2/c1-22(2)29(25,26)19-21-23-12-16(20-18(23)28-19)14-9-6-10-15(11-14)27-17(24)13-7-4-3-5-8-13/h3-12H,1-2H3. The van der Waals surface area contributed by atoms with Crippen LogP contribution >= 0.6 is 11.3 Å². The molecule has 0 fully saturated rings. The van der Waals surface area contributed by atoms with E-state index in [1.54, 1.807) is 48.7 Å². The Morgan fingerprint density at radius 1 is 1.10 bits per heavy atom. The predicted octanol–water partition coefficient (Wildman–Crippen LogP) is 2.93. The van der Waals surface area contributed by atoms with Crippen LogP contribution in [0.5, 0.6) is 5.75 Å². The number of imidazole rings is 1. The lowest BCUT2D eigenvalue weighted by Gasteiger charge is -2.06. The van der Waals surface area contributed by atoms with Gasteiger partial charge in [-0.3, -0.25) is 0 Å². The van der Waals surface area contributed by atoms with Crippen LogP contribution in [-0.4, -0.2) is 47.4 Å². The molecule has 0 radical (unpaired) electrons. The van der Waals surface area contributed by atoms with Gasteiger partial charge in [0.05, 0.1) is 17.5 Å². The molecule has 148 valence electrons.